The van der Waals surface area contributed by atoms with Crippen molar-refractivity contribution >= 4 is 17.1 Å². The van der Waals surface area contributed by atoms with Gasteiger partial charge in [0.15, 0.2) is 11.2 Å². The van der Waals surface area contributed by atoms with Crippen molar-refractivity contribution in [2.75, 3.05) is 33.5 Å². The van der Waals surface area contributed by atoms with E-state index in [-0.39, 0.29) is 30.9 Å². The number of imidazole rings is 1. The van der Waals surface area contributed by atoms with Crippen molar-refractivity contribution in [1.29, 1.82) is 0 Å². The predicted octanol–water partition coefficient (Wildman–Crippen LogP) is -1.36. The van der Waals surface area contributed by atoms with Crippen LogP contribution in [0.2, 0.25) is 0 Å². The third-order valence-electron chi connectivity index (χ3n) is 3.44. The topological polar surface area (TPSA) is 107 Å². The van der Waals surface area contributed by atoms with Crippen LogP contribution in [0.5, 0.6) is 0 Å². The van der Waals surface area contributed by atoms with E-state index >= 15 is 0 Å². The van der Waals surface area contributed by atoms with Gasteiger partial charge < -0.3 is 18.8 Å². The van der Waals surface area contributed by atoms with Gasteiger partial charge in [-0.3, -0.25) is 18.7 Å². The highest BCUT2D eigenvalue weighted by molar-refractivity contribution is 5.75. The molecule has 0 saturated heterocycles. The van der Waals surface area contributed by atoms with Gasteiger partial charge in [-0.25, -0.2) is 9.78 Å². The Kier molecular flexibility index (Phi) is 5.88. The lowest BCUT2D eigenvalue weighted by molar-refractivity contribution is -0.145. The molecular weight excluding hydrogens is 320 g/mol. The van der Waals surface area contributed by atoms with Gasteiger partial charge in [0.2, 0.25) is 0 Å². The lowest BCUT2D eigenvalue weighted by Gasteiger charge is -2.08. The van der Waals surface area contributed by atoms with Gasteiger partial charge in [-0.05, 0) is 0 Å². The number of nitrogens with zero attached hydrogens (tertiary/aromatic N) is 4. The normalized spacial score (nSPS) is 11.1. The van der Waals surface area contributed by atoms with Gasteiger partial charge in [-0.15, -0.1) is 0 Å². The zero-order chi connectivity index (χ0) is 17.7. The number of ether oxygens (including phenoxy) is 3. The van der Waals surface area contributed by atoms with E-state index in [4.69, 9.17) is 14.2 Å². The van der Waals surface area contributed by atoms with E-state index in [0.29, 0.717) is 13.2 Å². The van der Waals surface area contributed by atoms with Crippen molar-refractivity contribution in [3.05, 3.63) is 27.2 Å². The van der Waals surface area contributed by atoms with Crippen molar-refractivity contribution in [3.8, 4) is 0 Å². The van der Waals surface area contributed by atoms with Gasteiger partial charge in [0.25, 0.3) is 5.56 Å². The summed E-state index contributed by atoms with van der Waals surface area (Å²) in [5.41, 5.74) is -0.596. The Labute approximate surface area is 137 Å². The maximum atomic E-state index is 12.2. The molecule has 0 N–H and O–H groups in total. The molecule has 2 heterocycles. The largest absolute Gasteiger partial charge is 0.462 e. The Morgan fingerprint density at radius 3 is 2.54 bits per heavy atom. The van der Waals surface area contributed by atoms with Crippen molar-refractivity contribution < 1.29 is 19.0 Å². The summed E-state index contributed by atoms with van der Waals surface area (Å²) in [4.78, 5) is 40.0. The molecule has 0 bridgehead atoms. The number of hydrogen-bond donors (Lipinski definition) is 0. The molecule has 0 unspecified atom stereocenters. The van der Waals surface area contributed by atoms with E-state index in [2.05, 4.69) is 4.98 Å². The molecule has 0 amide bonds. The van der Waals surface area contributed by atoms with Crippen LogP contribution < -0.4 is 11.2 Å². The molecule has 2 aromatic rings. The fraction of sp³-hybridized carbons (Fsp3) is 0.571. The number of aryl methyl sites for hydroxylation is 1. The van der Waals surface area contributed by atoms with E-state index < -0.39 is 17.2 Å². The number of fused-ring (bicyclic) bond motifs is 1. The molecule has 0 radical (unpaired) electrons. The second kappa shape index (κ2) is 7.88. The number of methoxy groups -OCH3 is 1. The lowest BCUT2D eigenvalue weighted by Crippen LogP contribution is -2.37. The Bertz CT molecular complexity index is 834. The van der Waals surface area contributed by atoms with Crippen LogP contribution in [-0.2, 0) is 39.6 Å². The summed E-state index contributed by atoms with van der Waals surface area (Å²) in [7, 11) is 4.45. The van der Waals surface area contributed by atoms with E-state index in [9.17, 15) is 14.4 Å². The summed E-state index contributed by atoms with van der Waals surface area (Å²) >= 11 is 0. The molecule has 0 aliphatic carbocycles. The van der Waals surface area contributed by atoms with Crippen LogP contribution in [0.15, 0.2) is 15.9 Å². The highest BCUT2D eigenvalue weighted by Crippen LogP contribution is 2.05. The quantitative estimate of drug-likeness (QED) is 0.431. The fourth-order valence-electron chi connectivity index (χ4n) is 2.16. The molecule has 0 fully saturated rings. The maximum absolute atomic E-state index is 12.2. The molecule has 0 atom stereocenters. The average molecular weight is 340 g/mol. The second-order valence-electron chi connectivity index (χ2n) is 5.08. The first-order valence-electron chi connectivity index (χ1n) is 7.30. The number of carbonyl (C=O) groups excluding carboxylic acids is 1. The van der Waals surface area contributed by atoms with Crippen LogP contribution in [0.4, 0.5) is 0 Å². The molecule has 10 heteroatoms. The molecule has 10 nitrogen and oxygen atoms in total. The monoisotopic (exact) mass is 340 g/mol. The van der Waals surface area contributed by atoms with Gasteiger partial charge in [-0.1, -0.05) is 0 Å². The summed E-state index contributed by atoms with van der Waals surface area (Å²) < 4.78 is 18.6. The van der Waals surface area contributed by atoms with Crippen molar-refractivity contribution in [2.45, 2.75) is 6.54 Å². The number of hydrogen-bond acceptors (Lipinski definition) is 7. The first kappa shape index (κ1) is 17.9. The van der Waals surface area contributed by atoms with E-state index in [0.717, 1.165) is 4.57 Å². The van der Waals surface area contributed by atoms with Crippen molar-refractivity contribution in [1.82, 2.24) is 18.7 Å². The van der Waals surface area contributed by atoms with Gasteiger partial charge in [0, 0.05) is 21.2 Å². The molecule has 2 rings (SSSR count). The zero-order valence-corrected chi connectivity index (χ0v) is 13.9. The maximum Gasteiger partial charge on any atom is 0.332 e. The van der Waals surface area contributed by atoms with Gasteiger partial charge >= 0.3 is 11.7 Å². The minimum atomic E-state index is -0.527. The average Bonchev–Trinajstić information content (AvgIpc) is 2.97. The third kappa shape index (κ3) is 3.71. The minimum absolute atomic E-state index is 0.103. The van der Waals surface area contributed by atoms with Crippen molar-refractivity contribution in [2.24, 2.45) is 14.1 Å². The fourth-order valence-corrected chi connectivity index (χ4v) is 2.16. The Morgan fingerprint density at radius 1 is 1.12 bits per heavy atom. The summed E-state index contributed by atoms with van der Waals surface area (Å²) in [6, 6.07) is 0. The number of esters is 1. The van der Waals surface area contributed by atoms with Crippen molar-refractivity contribution in [3.63, 3.8) is 0 Å². The smallest absolute Gasteiger partial charge is 0.332 e. The van der Waals surface area contributed by atoms with Crippen LogP contribution in [0.3, 0.4) is 0 Å². The first-order valence-corrected chi connectivity index (χ1v) is 7.30. The summed E-state index contributed by atoms with van der Waals surface area (Å²) in [5, 5.41) is 0. The predicted molar refractivity (Wildman–Crippen MR) is 83.9 cm³/mol. The first-order chi connectivity index (χ1) is 11.5. The van der Waals surface area contributed by atoms with Crippen LogP contribution in [0.25, 0.3) is 11.2 Å². The number of aromatic nitrogens is 4. The summed E-state index contributed by atoms with van der Waals surface area (Å²) in [5.74, 6) is -0.527. The van der Waals surface area contributed by atoms with Crippen LogP contribution in [0.1, 0.15) is 0 Å². The van der Waals surface area contributed by atoms with Crippen LogP contribution >= 0.6 is 0 Å². The molecular formula is C14H20N4O6. The second-order valence-corrected chi connectivity index (χ2v) is 5.08. The van der Waals surface area contributed by atoms with Crippen LogP contribution in [0, 0.1) is 0 Å². The summed E-state index contributed by atoms with van der Waals surface area (Å²) in [6.07, 6.45) is 1.34. The third-order valence-corrected chi connectivity index (χ3v) is 3.44. The van der Waals surface area contributed by atoms with E-state index in [1.165, 1.54) is 29.6 Å². The molecule has 0 aliphatic rings. The highest BCUT2D eigenvalue weighted by atomic mass is 16.6. The highest BCUT2D eigenvalue weighted by Gasteiger charge is 2.16. The minimum Gasteiger partial charge on any atom is -0.462 e. The van der Waals surface area contributed by atoms with Gasteiger partial charge in [0.1, 0.15) is 13.2 Å². The SMILES string of the molecule is COCCOCCOC(=O)Cn1cnc2c1c(=O)n(C)c(=O)n2C. The van der Waals surface area contributed by atoms with Gasteiger partial charge in [-0.2, -0.15) is 0 Å². The Hall–Kier alpha value is -2.46. The molecule has 0 aromatic carbocycles. The standard InChI is InChI=1S/C14H20N4O6/c1-16-12-11(13(20)17(2)14(16)21)18(9-15-12)8-10(19)24-7-6-23-5-4-22-3/h9H,4-8H2,1-3H3. The van der Waals surface area contributed by atoms with E-state index in [1.54, 1.807) is 7.11 Å². The molecule has 132 valence electrons. The Balaban J connectivity index is 2.04. The Morgan fingerprint density at radius 2 is 1.83 bits per heavy atom. The van der Waals surface area contributed by atoms with Crippen LogP contribution in [-0.4, -0.2) is 58.2 Å². The van der Waals surface area contributed by atoms with Gasteiger partial charge in [0.05, 0.1) is 26.1 Å². The lowest BCUT2D eigenvalue weighted by atomic mass is 10.5. The molecule has 2 aromatic heterocycles. The molecule has 0 saturated carbocycles. The number of carbonyl (C=O) groups is 1. The molecule has 0 aliphatic heterocycles. The number of rotatable bonds is 8. The summed E-state index contributed by atoms with van der Waals surface area (Å²) in [6.45, 7) is 1.07. The molecule has 0 spiro atoms. The zero-order valence-electron chi connectivity index (χ0n) is 13.9. The van der Waals surface area contributed by atoms with E-state index in [1.807, 2.05) is 0 Å². The molecule has 24 heavy (non-hydrogen) atoms.